The summed E-state index contributed by atoms with van der Waals surface area (Å²) in [6.07, 6.45) is 30.7. The molecule has 9 aliphatic rings. The van der Waals surface area contributed by atoms with Crippen LogP contribution in [0.5, 0.6) is 0 Å². The van der Waals surface area contributed by atoms with Crippen molar-refractivity contribution in [2.24, 2.45) is 34.5 Å². The summed E-state index contributed by atoms with van der Waals surface area (Å²) >= 11 is 19.5. The Labute approximate surface area is 899 Å². The van der Waals surface area contributed by atoms with Gasteiger partial charge in [-0.3, -0.25) is 24.0 Å². The van der Waals surface area contributed by atoms with E-state index >= 15 is 0 Å². The predicted molar refractivity (Wildman–Crippen MR) is 604 cm³/mol. The summed E-state index contributed by atoms with van der Waals surface area (Å²) in [5.74, 6) is 1.80. The summed E-state index contributed by atoms with van der Waals surface area (Å²) in [6, 6.07) is 32.6. The zero-order valence-electron chi connectivity index (χ0n) is 84.9. The molecule has 0 bridgehead atoms. The average molecular weight is 2160 g/mol. The predicted octanol–water partition coefficient (Wildman–Crippen LogP) is 19.8. The Hall–Kier alpha value is -12.9. The maximum Gasteiger partial charge on any atom is 0.263 e. The van der Waals surface area contributed by atoms with Crippen molar-refractivity contribution in [2.45, 2.75) is 163 Å². The molecule has 15 aromatic rings. The van der Waals surface area contributed by atoms with Crippen LogP contribution in [0, 0.1) is 80.8 Å². The molecule has 2 spiro atoms. The van der Waals surface area contributed by atoms with E-state index in [9.17, 15) is 32.8 Å². The third kappa shape index (κ3) is 22.3. The smallest absolute Gasteiger partial charge is 0.263 e. The minimum absolute atomic E-state index is 0.154. The van der Waals surface area contributed by atoms with Gasteiger partial charge in [-0.1, -0.05) is 59.6 Å². The van der Waals surface area contributed by atoms with Gasteiger partial charge in [-0.25, -0.2) is 58.6 Å². The van der Waals surface area contributed by atoms with Crippen LogP contribution in [-0.4, -0.2) is 178 Å². The summed E-state index contributed by atoms with van der Waals surface area (Å²) in [5.41, 5.74) is 50.7. The largest absolute Gasteiger partial charge is 0.396 e. The lowest BCUT2D eigenvalue weighted by Crippen LogP contribution is -2.55. The second-order valence-corrected chi connectivity index (χ2v) is 46.9. The van der Waals surface area contributed by atoms with Crippen LogP contribution in [0.4, 0.5) is 65.7 Å². The second kappa shape index (κ2) is 45.3. The fraction of sp³-hybridized carbons (Fsp3) is 0.414. The SMILES string of the molecule is Cc1cnc2c(N)c(C(=O)NCCc3cc(F)c(N4CCCCC4)cc3F)sc2n1.Cc1cnc2c(N)c(C(=O)NCCc3ccc(N4CC5CC6CCC65C4)c(Cl)c3)sc2n1.Cc1cnc2c(N)c(C(=O)NCCc3ccc(N4CC5CC6CCC65C4)cc3)sc2n1.Cc1cnc2c(N)c(C(=O)NCCc3ccc(N4CCCCC4)c(Cl)c3)sc2n1.Cc1cnc2c(N)c(C(=O)NCCc3ccc(N4CCCCC4)cc3)sc2n1. The number of nitrogens with two attached hydrogens (primary N) is 5. The number of anilines is 10. The van der Waals surface area contributed by atoms with E-state index in [1.807, 2.05) is 51.7 Å². The number of hydrogen-bond acceptors (Lipinski definition) is 30. The van der Waals surface area contributed by atoms with Gasteiger partial charge in [-0.15, -0.1) is 56.7 Å². The molecule has 5 aliphatic heterocycles. The van der Waals surface area contributed by atoms with Gasteiger partial charge in [0.15, 0.2) is 0 Å². The van der Waals surface area contributed by atoms with Crippen molar-refractivity contribution in [3.63, 3.8) is 0 Å². The van der Waals surface area contributed by atoms with Crippen molar-refractivity contribution >= 4 is 218 Å². The number of halogens is 4. The minimum atomic E-state index is -0.462. The molecular weight excluding hydrogens is 2030 g/mol. The lowest BCUT2D eigenvalue weighted by atomic mass is 9.43. The number of rotatable bonds is 25. The molecule has 15 heterocycles. The van der Waals surface area contributed by atoms with Crippen LogP contribution in [0.3, 0.4) is 0 Å². The number of nitrogens with zero attached hydrogens (tertiary/aromatic N) is 15. The third-order valence-electron chi connectivity index (χ3n) is 31.3. The van der Waals surface area contributed by atoms with E-state index in [1.165, 1.54) is 181 Å². The first-order valence-electron chi connectivity index (χ1n) is 52.0. The Morgan fingerprint density at radius 3 is 0.960 bits per heavy atom. The summed E-state index contributed by atoms with van der Waals surface area (Å²) in [7, 11) is 0. The second-order valence-electron chi connectivity index (χ2n) is 41.1. The van der Waals surface area contributed by atoms with E-state index in [0.717, 1.165) is 169 Å². The molecule has 30 nitrogen and oxygen atoms in total. The summed E-state index contributed by atoms with van der Waals surface area (Å²) < 4.78 is 29.1. The molecule has 150 heavy (non-hydrogen) atoms. The number of benzene rings is 5. The maximum atomic E-state index is 14.5. The number of nitrogen functional groups attached to an aromatic ring is 5. The highest BCUT2D eigenvalue weighted by atomic mass is 35.5. The van der Waals surface area contributed by atoms with E-state index < -0.39 is 11.6 Å². The molecule has 5 aromatic carbocycles. The standard InChI is InChI=1S/C24H26ClN5OS.C24H27N5OS.C21H24ClN5OS.C21H23F2N5OS.C21H25N5OS/c1-13-10-28-20-19(26)21(32-23(20)29-13)22(31)27-7-5-14-2-3-18(17(25)8-14)30-11-16-9-15-4-6-24(15,16)12-30;1-14-11-27-20-19(25)21(31-23(20)28-14)22(30)26-9-7-15-2-4-18(5-3-15)29-12-17-10-16-6-8-24(16,17)13-29;1-13-12-25-18-17(23)19(29-21(18)26-13)20(28)24-8-7-14-5-6-16(15(22)11-14)27-9-3-2-4-10-27;1-12-11-26-18-17(24)19(30-21(18)27-12)20(29)25-6-5-13-9-15(23)16(10-14(13)22)28-7-3-2-4-8-28;1-14-13-24-18-17(22)19(28-21(18)25-14)20(27)23-10-9-15-5-7-16(8-6-15)26-11-3-2-4-12-26/h2-3,8,10,15-16H,4-7,9,11-12,26H2,1H3,(H,27,31);2-5,11,16-17H,6-10,12-13,25H2,1H3,(H,26,30);5-6,11-12H,2-4,7-10,23H2,1H3,(H,24,28);9-11H,2-8,24H2,1H3,(H,25,29);5-8,13H,2-4,9-12,22H2,1H3,(H,23,27). The molecule has 6 atom stereocenters. The number of carbonyl (C=O) groups is 5. The van der Waals surface area contributed by atoms with Gasteiger partial charge in [0.1, 0.15) is 87.8 Å². The fourth-order valence-electron chi connectivity index (χ4n) is 22.8. The van der Waals surface area contributed by atoms with Crippen LogP contribution in [0.1, 0.15) is 201 Å². The van der Waals surface area contributed by atoms with Gasteiger partial charge < -0.3 is 79.8 Å². The van der Waals surface area contributed by atoms with Crippen LogP contribution in [0.15, 0.2) is 128 Å². The fourth-order valence-corrected chi connectivity index (χ4v) is 28.5. The van der Waals surface area contributed by atoms with E-state index in [2.05, 4.69) is 169 Å². The van der Waals surface area contributed by atoms with Gasteiger partial charge in [-0.05, 0) is 280 Å². The molecule has 0 radical (unpaired) electrons. The van der Waals surface area contributed by atoms with Crippen molar-refractivity contribution in [1.29, 1.82) is 0 Å². The van der Waals surface area contributed by atoms with Gasteiger partial charge in [0.2, 0.25) is 0 Å². The van der Waals surface area contributed by atoms with Crippen molar-refractivity contribution in [3.05, 3.63) is 230 Å². The van der Waals surface area contributed by atoms with E-state index in [1.54, 1.807) is 31.0 Å². The highest BCUT2D eigenvalue weighted by Gasteiger charge is 2.65. The van der Waals surface area contributed by atoms with Gasteiger partial charge in [0.05, 0.1) is 84.0 Å². The number of carbonyl (C=O) groups excluding carboxylic acids is 5. The Kier molecular flexibility index (Phi) is 31.5. The van der Waals surface area contributed by atoms with Gasteiger partial charge in [-0.2, -0.15) is 0 Å². The number of fused-ring (bicyclic) bond motifs is 5. The van der Waals surface area contributed by atoms with Crippen molar-refractivity contribution < 1.29 is 32.8 Å². The first kappa shape index (κ1) is 104. The Morgan fingerprint density at radius 1 is 0.347 bits per heavy atom. The normalized spacial score (nSPS) is 19.2. The monoisotopic (exact) mass is 2160 g/mol. The quantitative estimate of drug-likeness (QED) is 0.0254. The van der Waals surface area contributed by atoms with Crippen LogP contribution in [-0.2, 0) is 32.1 Å². The number of amides is 5. The van der Waals surface area contributed by atoms with Crippen molar-refractivity contribution in [3.8, 4) is 0 Å². The molecule has 5 amide bonds. The first-order valence-corrected chi connectivity index (χ1v) is 56.9. The molecular formula is C111H125Cl2F2N25O5S5. The van der Waals surface area contributed by atoms with E-state index in [4.69, 9.17) is 51.9 Å². The lowest BCUT2D eigenvalue weighted by molar-refractivity contribution is -0.104. The molecule has 10 aromatic heterocycles. The first-order chi connectivity index (χ1) is 72.5. The van der Waals surface area contributed by atoms with Crippen LogP contribution in [0.25, 0.3) is 51.7 Å². The van der Waals surface area contributed by atoms with Crippen LogP contribution < -0.4 is 79.8 Å². The molecule has 4 aliphatic carbocycles. The highest BCUT2D eigenvalue weighted by molar-refractivity contribution is 7.22. The van der Waals surface area contributed by atoms with E-state index in [0.29, 0.717) is 154 Å². The van der Waals surface area contributed by atoms with Crippen LogP contribution >= 0.6 is 79.9 Å². The van der Waals surface area contributed by atoms with Crippen LogP contribution in [0.2, 0.25) is 10.0 Å². The molecule has 6 unspecified atom stereocenters. The maximum absolute atomic E-state index is 14.5. The molecule has 15 N–H and O–H groups in total. The summed E-state index contributed by atoms with van der Waals surface area (Å²) in [6.45, 7) is 22.3. The molecule has 9 fully saturated rings. The number of aryl methyl sites for hydroxylation is 5. The number of nitrogens with one attached hydrogen (secondary N) is 5. The number of thiophene rings is 5. The Balaban J connectivity index is 0.000000113. The zero-order valence-corrected chi connectivity index (χ0v) is 90.5. The van der Waals surface area contributed by atoms with Gasteiger partial charge in [0, 0.05) is 147 Å². The Bertz CT molecular complexity index is 7580. The average Bonchev–Trinajstić information content (AvgIpc) is 1.53. The molecule has 782 valence electrons. The van der Waals surface area contributed by atoms with Crippen molar-refractivity contribution in [2.75, 3.05) is 151 Å². The van der Waals surface area contributed by atoms with E-state index in [-0.39, 0.29) is 53.8 Å². The number of aromatic nitrogens is 10. The minimum Gasteiger partial charge on any atom is -0.396 e. The number of hydrogen-bond donors (Lipinski definition) is 10. The molecule has 4 saturated carbocycles. The van der Waals surface area contributed by atoms with Gasteiger partial charge >= 0.3 is 0 Å². The molecule has 24 rings (SSSR count). The lowest BCUT2D eigenvalue weighted by Gasteiger charge is -2.60. The topological polar surface area (TPSA) is 421 Å². The van der Waals surface area contributed by atoms with Crippen molar-refractivity contribution in [1.82, 2.24) is 76.4 Å². The highest BCUT2D eigenvalue weighted by Crippen LogP contribution is 2.69. The van der Waals surface area contributed by atoms with Gasteiger partial charge in [0.25, 0.3) is 29.5 Å². The Morgan fingerprint density at radius 2 is 0.640 bits per heavy atom. The molecule has 39 heteroatoms. The molecule has 5 saturated heterocycles. The number of piperidine rings is 3. The zero-order chi connectivity index (χ0) is 104. The summed E-state index contributed by atoms with van der Waals surface area (Å²) in [4.78, 5) is 124. The third-order valence-corrected chi connectivity index (χ3v) is 37.3. The summed E-state index contributed by atoms with van der Waals surface area (Å²) in [5, 5.41) is 16.2.